The molecule has 140 valence electrons. The van der Waals surface area contributed by atoms with E-state index in [2.05, 4.69) is 17.6 Å². The minimum atomic E-state index is -3.43. The molecule has 1 aromatic carbocycles. The second-order valence-electron chi connectivity index (χ2n) is 6.59. The van der Waals surface area contributed by atoms with Gasteiger partial charge in [0.1, 0.15) is 6.04 Å². The van der Waals surface area contributed by atoms with Crippen LogP contribution in [-0.4, -0.2) is 42.0 Å². The van der Waals surface area contributed by atoms with Gasteiger partial charge in [-0.2, -0.15) is 9.30 Å². The molecule has 0 spiro atoms. The number of carbonyl (C=O) groups excluding carboxylic acids is 1. The smallest absolute Gasteiger partial charge is 0.266 e. The molecule has 1 amide bonds. The van der Waals surface area contributed by atoms with Crippen molar-refractivity contribution in [3.63, 3.8) is 0 Å². The van der Waals surface area contributed by atoms with Crippen molar-refractivity contribution in [3.8, 4) is 0 Å². The largest absolute Gasteiger partial charge is 0.313 e. The highest BCUT2D eigenvalue weighted by atomic mass is 32.2. The fraction of sp³-hybridized carbons (Fsp3) is 0.444. The zero-order valence-electron chi connectivity index (χ0n) is 15.0. The Labute approximate surface area is 157 Å². The number of sulfonamides is 1. The summed E-state index contributed by atoms with van der Waals surface area (Å²) in [5.41, 5.74) is 2.13. The van der Waals surface area contributed by atoms with Crippen LogP contribution in [0.4, 0.5) is 0 Å². The summed E-state index contributed by atoms with van der Waals surface area (Å²) in [6.45, 7) is 6.72. The number of rotatable bonds is 4. The molecule has 0 bridgehead atoms. The first kappa shape index (κ1) is 19.0. The van der Waals surface area contributed by atoms with Crippen molar-refractivity contribution in [2.75, 3.05) is 12.8 Å². The summed E-state index contributed by atoms with van der Waals surface area (Å²) in [5, 5.41) is 0. The molecule has 3 rings (SSSR count). The topological polar surface area (TPSA) is 71.7 Å². The molecule has 1 unspecified atom stereocenters. The Morgan fingerprint density at radius 3 is 2.88 bits per heavy atom. The quantitative estimate of drug-likeness (QED) is 0.749. The second kappa shape index (κ2) is 7.46. The normalized spacial score (nSPS) is 19.8. The molecule has 8 heteroatoms. The average Bonchev–Trinajstić information content (AvgIpc) is 2.91. The maximum absolute atomic E-state index is 12.8. The molecule has 0 aliphatic carbocycles. The number of carbonyl (C=O) groups is 1. The van der Waals surface area contributed by atoms with Crippen molar-refractivity contribution < 1.29 is 13.2 Å². The van der Waals surface area contributed by atoms with E-state index in [4.69, 9.17) is 0 Å². The van der Waals surface area contributed by atoms with Gasteiger partial charge in [-0.25, -0.2) is 8.42 Å². The summed E-state index contributed by atoms with van der Waals surface area (Å²) in [7, 11) is -3.43. The predicted molar refractivity (Wildman–Crippen MR) is 105 cm³/mol. The number of hydrogen-bond donors (Lipinski definition) is 0. The molecule has 0 saturated carbocycles. The summed E-state index contributed by atoms with van der Waals surface area (Å²) < 4.78 is 28.3. The summed E-state index contributed by atoms with van der Waals surface area (Å²) in [6.07, 6.45) is 5.03. The molecule has 26 heavy (non-hydrogen) atoms. The fourth-order valence-electron chi connectivity index (χ4n) is 3.29. The lowest BCUT2D eigenvalue weighted by molar-refractivity contribution is -0.122. The Morgan fingerprint density at radius 2 is 2.19 bits per heavy atom. The third-order valence-corrected chi connectivity index (χ3v) is 6.85. The molecule has 1 aliphatic rings. The van der Waals surface area contributed by atoms with Crippen molar-refractivity contribution in [2.45, 2.75) is 38.8 Å². The van der Waals surface area contributed by atoms with Crippen LogP contribution in [0.1, 0.15) is 24.8 Å². The maximum atomic E-state index is 12.8. The van der Waals surface area contributed by atoms with Crippen LogP contribution >= 0.6 is 11.3 Å². The first-order chi connectivity index (χ1) is 12.3. The lowest BCUT2D eigenvalue weighted by Gasteiger charge is -2.31. The zero-order valence-corrected chi connectivity index (χ0v) is 16.6. The minimum Gasteiger partial charge on any atom is -0.313 e. The van der Waals surface area contributed by atoms with E-state index < -0.39 is 22.0 Å². The Kier molecular flexibility index (Phi) is 5.45. The van der Waals surface area contributed by atoms with Crippen molar-refractivity contribution in [3.05, 3.63) is 41.2 Å². The van der Waals surface area contributed by atoms with Gasteiger partial charge in [0.2, 0.25) is 10.0 Å². The van der Waals surface area contributed by atoms with Crippen molar-refractivity contribution >= 4 is 37.5 Å². The molecular weight excluding hydrogens is 370 g/mol. The Balaban J connectivity index is 2.07. The number of thiazole rings is 1. The zero-order chi connectivity index (χ0) is 18.9. The maximum Gasteiger partial charge on any atom is 0.266 e. The predicted octanol–water partition coefficient (Wildman–Crippen LogP) is 2.44. The van der Waals surface area contributed by atoms with E-state index in [1.165, 1.54) is 15.6 Å². The van der Waals surface area contributed by atoms with Crippen LogP contribution in [0, 0.1) is 6.92 Å². The molecule has 1 fully saturated rings. The highest BCUT2D eigenvalue weighted by Gasteiger charge is 2.34. The van der Waals surface area contributed by atoms with Gasteiger partial charge in [-0.05, 0) is 37.5 Å². The van der Waals surface area contributed by atoms with Crippen molar-refractivity contribution in [1.82, 2.24) is 8.87 Å². The van der Waals surface area contributed by atoms with Crippen LogP contribution in [-0.2, 0) is 21.4 Å². The highest BCUT2D eigenvalue weighted by Crippen LogP contribution is 2.22. The molecule has 1 aromatic heterocycles. The van der Waals surface area contributed by atoms with E-state index >= 15 is 0 Å². The number of hydrogen-bond acceptors (Lipinski definition) is 4. The van der Waals surface area contributed by atoms with Gasteiger partial charge in [0.15, 0.2) is 4.80 Å². The van der Waals surface area contributed by atoms with Gasteiger partial charge in [0.25, 0.3) is 5.91 Å². The Hall–Kier alpha value is -1.77. The molecule has 1 atom stereocenters. The number of aryl methyl sites for hydroxylation is 1. The lowest BCUT2D eigenvalue weighted by Crippen LogP contribution is -2.47. The summed E-state index contributed by atoms with van der Waals surface area (Å²) in [6, 6.07) is 5.39. The number of amides is 1. The van der Waals surface area contributed by atoms with Crippen LogP contribution in [0.3, 0.4) is 0 Å². The van der Waals surface area contributed by atoms with Gasteiger partial charge < -0.3 is 4.57 Å². The number of nitrogens with zero attached hydrogens (tertiary/aromatic N) is 3. The fourth-order valence-corrected chi connectivity index (χ4v) is 5.55. The average molecular weight is 394 g/mol. The lowest BCUT2D eigenvalue weighted by atomic mass is 10.0. The summed E-state index contributed by atoms with van der Waals surface area (Å²) in [5.74, 6) is -0.392. The van der Waals surface area contributed by atoms with E-state index in [0.717, 1.165) is 34.9 Å². The van der Waals surface area contributed by atoms with E-state index in [1.54, 1.807) is 6.08 Å². The van der Waals surface area contributed by atoms with E-state index in [0.29, 0.717) is 24.3 Å². The number of fused-ring (bicyclic) bond motifs is 1. The van der Waals surface area contributed by atoms with E-state index in [-0.39, 0.29) is 0 Å². The summed E-state index contributed by atoms with van der Waals surface area (Å²) in [4.78, 5) is 17.7. The molecule has 6 nitrogen and oxygen atoms in total. The first-order valence-electron chi connectivity index (χ1n) is 8.57. The number of allylic oxidation sites excluding steroid dienone is 1. The molecule has 1 aliphatic heterocycles. The van der Waals surface area contributed by atoms with Crippen molar-refractivity contribution in [2.24, 2.45) is 4.99 Å². The number of piperidine rings is 1. The van der Waals surface area contributed by atoms with Crippen LogP contribution in [0.25, 0.3) is 10.2 Å². The van der Waals surface area contributed by atoms with Gasteiger partial charge in [-0.3, -0.25) is 4.79 Å². The van der Waals surface area contributed by atoms with Crippen molar-refractivity contribution in [1.29, 1.82) is 0 Å². The molecule has 0 radical (unpaired) electrons. The van der Waals surface area contributed by atoms with Crippen LogP contribution < -0.4 is 4.80 Å². The van der Waals surface area contributed by atoms with Crippen LogP contribution in [0.5, 0.6) is 0 Å². The second-order valence-corrected chi connectivity index (χ2v) is 9.53. The Bertz CT molecular complexity index is 1020. The third-order valence-electron chi connectivity index (χ3n) is 4.52. The van der Waals surface area contributed by atoms with E-state index in [9.17, 15) is 13.2 Å². The van der Waals surface area contributed by atoms with Crippen LogP contribution in [0.2, 0.25) is 0 Å². The summed E-state index contributed by atoms with van der Waals surface area (Å²) >= 11 is 1.44. The first-order valence-corrected chi connectivity index (χ1v) is 11.2. The van der Waals surface area contributed by atoms with Gasteiger partial charge in [-0.15, -0.1) is 6.58 Å². The molecule has 2 heterocycles. The monoisotopic (exact) mass is 393 g/mol. The van der Waals surface area contributed by atoms with Gasteiger partial charge in [-0.1, -0.05) is 29.9 Å². The number of aromatic nitrogens is 1. The molecule has 0 N–H and O–H groups in total. The number of benzene rings is 1. The molecule has 1 saturated heterocycles. The van der Waals surface area contributed by atoms with E-state index in [1.807, 2.05) is 23.6 Å². The van der Waals surface area contributed by atoms with Gasteiger partial charge >= 0.3 is 0 Å². The molecular formula is C18H23N3O3S2. The molecule has 2 aromatic rings. The Morgan fingerprint density at radius 1 is 1.42 bits per heavy atom. The minimum absolute atomic E-state index is 0.378. The SMILES string of the molecule is C=CCn1c(=NC(=O)C2CCCCN2S(C)(=O)=O)sc2cc(C)ccc21. The van der Waals surface area contributed by atoms with Gasteiger partial charge in [0.05, 0.1) is 16.5 Å². The van der Waals surface area contributed by atoms with Crippen LogP contribution in [0.15, 0.2) is 35.8 Å². The standard InChI is InChI=1S/C18H23N3O3S2/c1-4-10-20-14-9-8-13(2)12-16(14)25-18(20)19-17(22)15-7-5-6-11-21(15)26(3,23)24/h4,8-9,12,15H,1,5-7,10-11H2,2-3H3. The van der Waals surface area contributed by atoms with Gasteiger partial charge in [0, 0.05) is 13.1 Å². The highest BCUT2D eigenvalue weighted by molar-refractivity contribution is 7.88. The third kappa shape index (κ3) is 3.82.